The standard InChI is InChI=1S/C51H62ClN2.ClHO4/c1-3-5-7-9-11-13-15-17-37-53-45(43-27-19-23-39-25-21-29-47(53)49(39)43)35-33-41-31-32-42(51(41)52)34-36-46-44-28-20-24-40-26-22-30-48(50(40)44)54(46)38-18-16-14-12-10-8-6-4-2;2-1(3,4)5/h19-30,33-36H,3-18,31-32,37-38H2,1-2H3;(H,2,3,4,5)/q+1;/p-1. The van der Waals surface area contributed by atoms with Gasteiger partial charge in [-0.05, 0) is 65.8 Å². The van der Waals surface area contributed by atoms with Crippen molar-refractivity contribution in [2.24, 2.45) is 0 Å². The van der Waals surface area contributed by atoms with Crippen molar-refractivity contribution in [2.45, 2.75) is 136 Å². The molecule has 5 aromatic rings. The molecule has 0 radical (unpaired) electrons. The van der Waals surface area contributed by atoms with E-state index < -0.39 is 10.2 Å². The van der Waals surface area contributed by atoms with Crippen LogP contribution in [0.3, 0.4) is 0 Å². The van der Waals surface area contributed by atoms with Gasteiger partial charge in [0, 0.05) is 51.8 Å². The molecule has 6 nitrogen and oxygen atoms in total. The number of hydrogen-bond acceptors (Lipinski definition) is 4. The van der Waals surface area contributed by atoms with E-state index in [2.05, 4.69) is 120 Å². The van der Waals surface area contributed by atoms with E-state index in [-0.39, 0.29) is 0 Å². The molecule has 59 heavy (non-hydrogen) atoms. The molecular formula is C51H62Cl2N2O4. The SMILES string of the molecule is CCCCCCCCCCn1/c(=C/C=C2\CCC(/C=C/C3=[N+](CCCCCCCCCC)c4cccc5cccc3c45)=C2Cl)c2cccc3cccc1c32.[O-][Cl+3]([O-])([O-])[O-]. The van der Waals surface area contributed by atoms with Crippen LogP contribution in [0.4, 0.5) is 5.69 Å². The molecule has 8 heteroatoms. The van der Waals surface area contributed by atoms with Gasteiger partial charge in [0.15, 0.2) is 0 Å². The zero-order chi connectivity index (χ0) is 41.6. The van der Waals surface area contributed by atoms with Crippen LogP contribution in [-0.2, 0) is 6.54 Å². The van der Waals surface area contributed by atoms with Crippen LogP contribution in [0.1, 0.15) is 135 Å². The monoisotopic (exact) mass is 836 g/mol. The molecule has 0 unspecified atom stereocenters. The van der Waals surface area contributed by atoms with Crippen LogP contribution in [0.2, 0.25) is 0 Å². The van der Waals surface area contributed by atoms with Crippen LogP contribution in [0.5, 0.6) is 0 Å². The van der Waals surface area contributed by atoms with Gasteiger partial charge in [-0.25, -0.2) is 18.6 Å². The predicted molar refractivity (Wildman–Crippen MR) is 237 cm³/mol. The van der Waals surface area contributed by atoms with Crippen molar-refractivity contribution in [2.75, 3.05) is 6.54 Å². The lowest BCUT2D eigenvalue weighted by molar-refractivity contribution is -2.00. The highest BCUT2D eigenvalue weighted by atomic mass is 35.7. The molecular weight excluding hydrogens is 775 g/mol. The number of rotatable bonds is 21. The molecule has 0 bridgehead atoms. The van der Waals surface area contributed by atoms with Crippen LogP contribution in [0, 0.1) is 10.2 Å². The van der Waals surface area contributed by atoms with Crippen LogP contribution < -0.4 is 24.0 Å². The van der Waals surface area contributed by atoms with Gasteiger partial charge >= 0.3 is 0 Å². The first-order chi connectivity index (χ1) is 28.7. The summed E-state index contributed by atoms with van der Waals surface area (Å²) in [6.45, 7) is 6.70. The summed E-state index contributed by atoms with van der Waals surface area (Å²) in [6, 6.07) is 27.1. The lowest BCUT2D eigenvalue weighted by atomic mass is 10.0. The van der Waals surface area contributed by atoms with E-state index in [1.165, 1.54) is 169 Å². The largest absolute Gasteiger partial charge is 0.340 e. The van der Waals surface area contributed by atoms with Gasteiger partial charge in [0.1, 0.15) is 6.54 Å². The third-order valence-electron chi connectivity index (χ3n) is 12.1. The minimum Gasteiger partial charge on any atom is -0.340 e. The van der Waals surface area contributed by atoms with Gasteiger partial charge in [0.05, 0.1) is 10.9 Å². The maximum atomic E-state index is 8.49. The topological polar surface area (TPSA) is 100 Å². The maximum Gasteiger partial charge on any atom is 0.214 e. The summed E-state index contributed by atoms with van der Waals surface area (Å²) < 4.78 is 39.1. The van der Waals surface area contributed by atoms with Gasteiger partial charge in [-0.15, -0.1) is 10.2 Å². The van der Waals surface area contributed by atoms with Crippen molar-refractivity contribution < 1.29 is 33.5 Å². The zero-order valence-electron chi connectivity index (χ0n) is 35.2. The summed E-state index contributed by atoms with van der Waals surface area (Å²) in [5.74, 6) is 0. The zero-order valence-corrected chi connectivity index (χ0v) is 36.7. The molecule has 0 atom stereocenters. The molecule has 7 rings (SSSR count). The third-order valence-corrected chi connectivity index (χ3v) is 12.5. The number of allylic oxidation sites excluding steroid dienone is 6. The smallest absolute Gasteiger partial charge is 0.214 e. The summed E-state index contributed by atoms with van der Waals surface area (Å²) in [6.07, 6.45) is 32.7. The molecule has 0 spiro atoms. The van der Waals surface area contributed by atoms with Gasteiger partial charge in [-0.2, -0.15) is 4.58 Å². The Morgan fingerprint density at radius 2 is 1.19 bits per heavy atom. The van der Waals surface area contributed by atoms with Crippen molar-refractivity contribution in [3.05, 3.63) is 118 Å². The quantitative estimate of drug-likeness (QED) is 0.0543. The fraction of sp³-hybridized carbons (Fsp3) is 0.431. The second kappa shape index (κ2) is 22.2. The first-order valence-electron chi connectivity index (χ1n) is 22.3. The van der Waals surface area contributed by atoms with Gasteiger partial charge in [0.2, 0.25) is 11.4 Å². The molecule has 2 aliphatic rings. The number of aryl methyl sites for hydroxylation is 1. The number of aromatic nitrogens is 1. The Morgan fingerprint density at radius 3 is 1.85 bits per heavy atom. The number of unbranched alkanes of at least 4 members (excludes halogenated alkanes) is 14. The lowest BCUT2D eigenvalue weighted by Gasteiger charge is -2.17. The van der Waals surface area contributed by atoms with E-state index in [1.54, 1.807) is 0 Å². The van der Waals surface area contributed by atoms with Crippen molar-refractivity contribution in [1.29, 1.82) is 0 Å². The Bertz CT molecular complexity index is 2330. The number of benzene rings is 4. The highest BCUT2D eigenvalue weighted by Crippen LogP contribution is 2.38. The molecule has 0 saturated heterocycles. The summed E-state index contributed by atoms with van der Waals surface area (Å²) in [7, 11) is -4.94. The van der Waals surface area contributed by atoms with E-state index in [4.69, 9.17) is 30.2 Å². The first kappa shape index (κ1) is 44.8. The van der Waals surface area contributed by atoms with E-state index >= 15 is 0 Å². The summed E-state index contributed by atoms with van der Waals surface area (Å²) in [4.78, 5) is 0. The fourth-order valence-electron chi connectivity index (χ4n) is 9.09. The average Bonchev–Trinajstić information content (AvgIpc) is 3.84. The minimum atomic E-state index is -4.94. The number of hydrogen-bond donors (Lipinski definition) is 0. The Morgan fingerprint density at radius 1 is 0.627 bits per heavy atom. The Labute approximate surface area is 358 Å². The second-order valence-electron chi connectivity index (χ2n) is 16.3. The highest BCUT2D eigenvalue weighted by molar-refractivity contribution is 6.33. The summed E-state index contributed by atoms with van der Waals surface area (Å²) in [5.41, 5.74) is 7.87. The number of halogens is 2. The van der Waals surface area contributed by atoms with Gasteiger partial charge in [0.25, 0.3) is 0 Å². The first-order valence-corrected chi connectivity index (χ1v) is 23.9. The molecule has 314 valence electrons. The molecule has 0 fully saturated rings. The minimum absolute atomic E-state index is 0.926. The third kappa shape index (κ3) is 12.0. The Hall–Kier alpha value is -3.75. The van der Waals surface area contributed by atoms with E-state index in [1.807, 2.05) is 0 Å². The van der Waals surface area contributed by atoms with Crippen LogP contribution in [0.25, 0.3) is 38.5 Å². The molecule has 2 heterocycles. The highest BCUT2D eigenvalue weighted by Gasteiger charge is 2.30. The van der Waals surface area contributed by atoms with Crippen molar-refractivity contribution in [3.63, 3.8) is 0 Å². The van der Waals surface area contributed by atoms with Crippen LogP contribution >= 0.6 is 11.6 Å². The van der Waals surface area contributed by atoms with Crippen molar-refractivity contribution in [1.82, 2.24) is 4.57 Å². The normalized spacial score (nSPS) is 15.4. The summed E-state index contributed by atoms with van der Waals surface area (Å²) >= 11 is 7.25. The molecule has 0 N–H and O–H groups in total. The van der Waals surface area contributed by atoms with Crippen LogP contribution in [-0.4, -0.2) is 21.4 Å². The molecule has 0 amide bonds. The molecule has 4 aromatic carbocycles. The van der Waals surface area contributed by atoms with E-state index in [9.17, 15) is 0 Å². The molecule has 1 aliphatic carbocycles. The summed E-state index contributed by atoms with van der Waals surface area (Å²) in [5, 5.41) is 9.02. The van der Waals surface area contributed by atoms with E-state index in [0.29, 0.717) is 0 Å². The molecule has 0 saturated carbocycles. The van der Waals surface area contributed by atoms with E-state index in [0.717, 1.165) is 31.0 Å². The second-order valence-corrected chi connectivity index (χ2v) is 17.4. The van der Waals surface area contributed by atoms with Gasteiger partial charge < -0.3 is 4.57 Å². The average molecular weight is 838 g/mol. The number of nitrogens with zero attached hydrogens (tertiary/aromatic N) is 2. The Kier molecular flexibility index (Phi) is 16.9. The van der Waals surface area contributed by atoms with Crippen molar-refractivity contribution in [3.8, 4) is 0 Å². The molecule has 1 aromatic heterocycles. The van der Waals surface area contributed by atoms with Gasteiger partial charge in [-0.1, -0.05) is 176 Å². The predicted octanol–water partition coefficient (Wildman–Crippen LogP) is 9.89. The molecule has 1 aliphatic heterocycles. The fourth-order valence-corrected chi connectivity index (χ4v) is 9.40. The van der Waals surface area contributed by atoms with Crippen molar-refractivity contribution >= 4 is 61.5 Å². The van der Waals surface area contributed by atoms with Gasteiger partial charge in [-0.3, -0.25) is 0 Å². The maximum absolute atomic E-state index is 8.49. The lowest BCUT2D eigenvalue weighted by Crippen LogP contribution is -2.68. The Balaban J connectivity index is 0.00000110. The van der Waals surface area contributed by atoms with Crippen LogP contribution in [0.15, 0.2) is 107 Å².